The lowest BCUT2D eigenvalue weighted by molar-refractivity contribution is -0.118. The van der Waals surface area contributed by atoms with E-state index in [-0.39, 0.29) is 37.3 Å². The fraction of sp³-hybridized carbons (Fsp3) is 0.192. The molecule has 0 aliphatic heterocycles. The molecular weight excluding hydrogens is 434 g/mol. The number of para-hydroxylation sites is 2. The van der Waals surface area contributed by atoms with Crippen LogP contribution < -0.4 is 25.4 Å². The Morgan fingerprint density at radius 3 is 2.15 bits per heavy atom. The molecule has 0 heterocycles. The first-order valence-corrected chi connectivity index (χ1v) is 10.8. The van der Waals surface area contributed by atoms with E-state index in [4.69, 9.17) is 9.47 Å². The highest BCUT2D eigenvalue weighted by Gasteiger charge is 2.10. The van der Waals surface area contributed by atoms with E-state index in [2.05, 4.69) is 16.0 Å². The van der Waals surface area contributed by atoms with E-state index < -0.39 is 0 Å². The maximum Gasteiger partial charge on any atom is 0.262 e. The summed E-state index contributed by atoms with van der Waals surface area (Å²) < 4.78 is 10.7. The molecule has 0 atom stereocenters. The Balaban J connectivity index is 1.45. The zero-order chi connectivity index (χ0) is 24.3. The van der Waals surface area contributed by atoms with Gasteiger partial charge in [0.15, 0.2) is 18.1 Å². The monoisotopic (exact) mass is 461 g/mol. The molecule has 0 aliphatic rings. The van der Waals surface area contributed by atoms with Crippen molar-refractivity contribution in [2.75, 3.05) is 30.9 Å². The number of ether oxygens (including phenoxy) is 2. The maximum absolute atomic E-state index is 12.3. The Kier molecular flexibility index (Phi) is 8.62. The summed E-state index contributed by atoms with van der Waals surface area (Å²) in [4.78, 5) is 36.8. The van der Waals surface area contributed by atoms with Gasteiger partial charge in [-0.25, -0.2) is 0 Å². The minimum atomic E-state index is -0.353. The molecule has 0 saturated carbocycles. The Morgan fingerprint density at radius 1 is 0.794 bits per heavy atom. The Hall–Kier alpha value is -4.33. The van der Waals surface area contributed by atoms with Crippen LogP contribution in [0.4, 0.5) is 11.4 Å². The van der Waals surface area contributed by atoms with Gasteiger partial charge in [-0.2, -0.15) is 0 Å². The lowest BCUT2D eigenvalue weighted by Gasteiger charge is -2.11. The molecule has 0 bridgehead atoms. The summed E-state index contributed by atoms with van der Waals surface area (Å²) in [6.07, 6.45) is 0.112. The van der Waals surface area contributed by atoms with E-state index in [1.165, 1.54) is 7.11 Å². The first-order chi connectivity index (χ1) is 16.5. The Morgan fingerprint density at radius 2 is 1.44 bits per heavy atom. The predicted molar refractivity (Wildman–Crippen MR) is 130 cm³/mol. The van der Waals surface area contributed by atoms with Gasteiger partial charge in [-0.1, -0.05) is 36.4 Å². The van der Waals surface area contributed by atoms with Gasteiger partial charge in [-0.15, -0.1) is 0 Å². The topological polar surface area (TPSA) is 106 Å². The molecule has 3 aromatic rings. The van der Waals surface area contributed by atoms with Crippen LogP contribution in [0.5, 0.6) is 11.5 Å². The van der Waals surface area contributed by atoms with E-state index in [0.717, 1.165) is 5.56 Å². The van der Waals surface area contributed by atoms with E-state index in [1.54, 1.807) is 54.6 Å². The molecule has 3 aromatic carbocycles. The number of methoxy groups -OCH3 is 1. The van der Waals surface area contributed by atoms with Crippen molar-refractivity contribution in [3.8, 4) is 11.5 Å². The molecule has 3 N–H and O–H groups in total. The number of carbonyl (C=O) groups is 3. The number of nitrogens with one attached hydrogen (secondary N) is 3. The van der Waals surface area contributed by atoms with Gasteiger partial charge >= 0.3 is 0 Å². The van der Waals surface area contributed by atoms with Crippen LogP contribution in [0.25, 0.3) is 0 Å². The number of anilines is 2. The molecule has 0 saturated heterocycles. The number of rotatable bonds is 10. The number of benzene rings is 3. The van der Waals surface area contributed by atoms with Crippen LogP contribution in [0.3, 0.4) is 0 Å². The van der Waals surface area contributed by atoms with Gasteiger partial charge in [0, 0.05) is 29.9 Å². The summed E-state index contributed by atoms with van der Waals surface area (Å²) in [5.74, 6) is 0.179. The second kappa shape index (κ2) is 12.1. The van der Waals surface area contributed by atoms with Crippen LogP contribution in [-0.4, -0.2) is 38.0 Å². The molecule has 8 heteroatoms. The van der Waals surface area contributed by atoms with Crippen molar-refractivity contribution in [3.63, 3.8) is 0 Å². The average Bonchev–Trinajstić information content (AvgIpc) is 2.83. The van der Waals surface area contributed by atoms with Crippen molar-refractivity contribution in [1.82, 2.24) is 5.32 Å². The number of aryl methyl sites for hydroxylation is 1. The van der Waals surface area contributed by atoms with Crippen molar-refractivity contribution in [2.45, 2.75) is 13.3 Å². The molecule has 3 amide bonds. The van der Waals surface area contributed by atoms with Gasteiger partial charge in [0.2, 0.25) is 5.91 Å². The zero-order valence-electron chi connectivity index (χ0n) is 19.1. The highest BCUT2D eigenvalue weighted by atomic mass is 16.5. The summed E-state index contributed by atoms with van der Waals surface area (Å²) >= 11 is 0. The van der Waals surface area contributed by atoms with Crippen molar-refractivity contribution in [2.24, 2.45) is 0 Å². The second-order valence-electron chi connectivity index (χ2n) is 7.44. The molecule has 0 unspecified atom stereocenters. The van der Waals surface area contributed by atoms with Crippen molar-refractivity contribution < 1.29 is 23.9 Å². The van der Waals surface area contributed by atoms with E-state index >= 15 is 0 Å². The fourth-order valence-corrected chi connectivity index (χ4v) is 3.19. The lowest BCUT2D eigenvalue weighted by Crippen LogP contribution is -2.28. The van der Waals surface area contributed by atoms with E-state index in [9.17, 15) is 14.4 Å². The summed E-state index contributed by atoms with van der Waals surface area (Å²) in [6.45, 7) is 1.87. The first kappa shape index (κ1) is 24.3. The van der Waals surface area contributed by atoms with Gasteiger partial charge in [-0.05, 0) is 48.9 Å². The minimum Gasteiger partial charge on any atom is -0.493 e. The fourth-order valence-electron chi connectivity index (χ4n) is 3.19. The maximum atomic E-state index is 12.3. The molecular formula is C26H27N3O5. The van der Waals surface area contributed by atoms with Gasteiger partial charge in [0.1, 0.15) is 0 Å². The molecule has 0 spiro atoms. The molecule has 0 fully saturated rings. The number of amides is 3. The summed E-state index contributed by atoms with van der Waals surface area (Å²) in [6, 6.07) is 21.1. The molecule has 34 heavy (non-hydrogen) atoms. The second-order valence-corrected chi connectivity index (χ2v) is 7.44. The Bertz CT molecular complexity index is 1160. The number of carbonyl (C=O) groups excluding carboxylic acids is 3. The molecule has 8 nitrogen and oxygen atoms in total. The summed E-state index contributed by atoms with van der Waals surface area (Å²) in [7, 11) is 1.53. The van der Waals surface area contributed by atoms with Crippen molar-refractivity contribution >= 4 is 29.1 Å². The van der Waals surface area contributed by atoms with Crippen molar-refractivity contribution in [3.05, 3.63) is 83.9 Å². The third-order valence-electron chi connectivity index (χ3n) is 4.89. The van der Waals surface area contributed by atoms with Crippen LogP contribution in [0.1, 0.15) is 22.3 Å². The van der Waals surface area contributed by atoms with Gasteiger partial charge in [-0.3, -0.25) is 14.4 Å². The third kappa shape index (κ3) is 7.09. The Labute approximate surface area is 198 Å². The minimum absolute atomic E-state index is 0.112. The quantitative estimate of drug-likeness (QED) is 0.426. The molecule has 0 aromatic heterocycles. The van der Waals surface area contributed by atoms with E-state index in [0.29, 0.717) is 28.4 Å². The molecule has 3 rings (SSSR count). The molecule has 0 aliphatic carbocycles. The third-order valence-corrected chi connectivity index (χ3v) is 4.89. The lowest BCUT2D eigenvalue weighted by atomic mass is 10.1. The number of hydrogen-bond acceptors (Lipinski definition) is 5. The summed E-state index contributed by atoms with van der Waals surface area (Å²) in [5, 5.41) is 8.25. The highest BCUT2D eigenvalue weighted by molar-refractivity contribution is 5.97. The zero-order valence-corrected chi connectivity index (χ0v) is 19.1. The van der Waals surface area contributed by atoms with Crippen LogP contribution >= 0.6 is 0 Å². The largest absolute Gasteiger partial charge is 0.493 e. The van der Waals surface area contributed by atoms with Crippen LogP contribution in [0.15, 0.2) is 72.8 Å². The van der Waals surface area contributed by atoms with Gasteiger partial charge < -0.3 is 25.4 Å². The standard InChI is InChI=1S/C26H27N3O5/c1-18-8-3-4-11-21(18)26(32)27-15-14-24(30)28-19-9-7-10-20(16-19)29-25(31)17-34-23-13-6-5-12-22(23)33-2/h3-13,16H,14-15,17H2,1-2H3,(H,27,32)(H,28,30)(H,29,31). The molecule has 0 radical (unpaired) electrons. The van der Waals surface area contributed by atoms with Crippen LogP contribution in [0.2, 0.25) is 0 Å². The first-order valence-electron chi connectivity index (χ1n) is 10.8. The van der Waals surface area contributed by atoms with E-state index in [1.807, 2.05) is 25.1 Å². The highest BCUT2D eigenvalue weighted by Crippen LogP contribution is 2.25. The van der Waals surface area contributed by atoms with Gasteiger partial charge in [0.25, 0.3) is 11.8 Å². The van der Waals surface area contributed by atoms with Crippen LogP contribution in [-0.2, 0) is 9.59 Å². The van der Waals surface area contributed by atoms with Crippen molar-refractivity contribution in [1.29, 1.82) is 0 Å². The van der Waals surface area contributed by atoms with Crippen LogP contribution in [0, 0.1) is 6.92 Å². The normalized spacial score (nSPS) is 10.2. The SMILES string of the molecule is COc1ccccc1OCC(=O)Nc1cccc(NC(=O)CCNC(=O)c2ccccc2C)c1. The molecule has 176 valence electrons. The van der Waals surface area contributed by atoms with Gasteiger partial charge in [0.05, 0.1) is 7.11 Å². The predicted octanol–water partition coefficient (Wildman–Crippen LogP) is 3.78. The summed E-state index contributed by atoms with van der Waals surface area (Å²) in [5.41, 5.74) is 2.50. The smallest absolute Gasteiger partial charge is 0.262 e. The average molecular weight is 462 g/mol. The number of hydrogen-bond donors (Lipinski definition) is 3.